The largest absolute Gasteiger partial charge is 0.380 e. The van der Waals surface area contributed by atoms with Crippen molar-refractivity contribution in [3.63, 3.8) is 0 Å². The van der Waals surface area contributed by atoms with Crippen LogP contribution >= 0.6 is 0 Å². The SMILES string of the molecule is CCOCCNOCC. The molecule has 56 valence electrons. The molecule has 0 aliphatic heterocycles. The van der Waals surface area contributed by atoms with Gasteiger partial charge in [-0.15, -0.1) is 0 Å². The summed E-state index contributed by atoms with van der Waals surface area (Å²) in [6.45, 7) is 6.87. The van der Waals surface area contributed by atoms with Crippen LogP contribution in [-0.2, 0) is 9.57 Å². The average molecular weight is 133 g/mol. The van der Waals surface area contributed by atoms with E-state index in [0.717, 1.165) is 19.8 Å². The molecule has 0 bridgehead atoms. The van der Waals surface area contributed by atoms with E-state index in [2.05, 4.69) is 5.48 Å². The van der Waals surface area contributed by atoms with Crippen molar-refractivity contribution in [2.75, 3.05) is 26.4 Å². The Bertz CT molecular complexity index is 44.3. The smallest absolute Gasteiger partial charge is 0.0653 e. The molecule has 0 radical (unpaired) electrons. The first-order valence-electron chi connectivity index (χ1n) is 3.34. The zero-order chi connectivity index (χ0) is 6.95. The van der Waals surface area contributed by atoms with Gasteiger partial charge in [-0.3, -0.25) is 0 Å². The normalized spacial score (nSPS) is 10.0. The van der Waals surface area contributed by atoms with E-state index in [9.17, 15) is 0 Å². The Morgan fingerprint density at radius 3 is 2.56 bits per heavy atom. The van der Waals surface area contributed by atoms with Crippen LogP contribution < -0.4 is 5.48 Å². The number of hydroxylamine groups is 1. The van der Waals surface area contributed by atoms with E-state index in [1.54, 1.807) is 0 Å². The zero-order valence-electron chi connectivity index (χ0n) is 6.14. The number of hydrogen-bond acceptors (Lipinski definition) is 3. The molecule has 0 aromatic heterocycles. The molecule has 0 atom stereocenters. The maximum Gasteiger partial charge on any atom is 0.0653 e. The van der Waals surface area contributed by atoms with Gasteiger partial charge in [0.25, 0.3) is 0 Å². The Morgan fingerprint density at radius 1 is 1.22 bits per heavy atom. The number of ether oxygens (including phenoxy) is 1. The van der Waals surface area contributed by atoms with Gasteiger partial charge in [0.15, 0.2) is 0 Å². The lowest BCUT2D eigenvalue weighted by molar-refractivity contribution is 0.0295. The van der Waals surface area contributed by atoms with E-state index >= 15 is 0 Å². The van der Waals surface area contributed by atoms with Crippen LogP contribution in [0.2, 0.25) is 0 Å². The molecule has 0 heterocycles. The Hall–Kier alpha value is -0.120. The number of rotatable bonds is 6. The van der Waals surface area contributed by atoms with Crippen LogP contribution in [0.15, 0.2) is 0 Å². The highest BCUT2D eigenvalue weighted by Crippen LogP contribution is 1.70. The van der Waals surface area contributed by atoms with Crippen molar-refractivity contribution in [2.24, 2.45) is 0 Å². The quantitative estimate of drug-likeness (QED) is 0.424. The third-order valence-electron chi connectivity index (χ3n) is 0.799. The van der Waals surface area contributed by atoms with E-state index in [1.807, 2.05) is 13.8 Å². The summed E-state index contributed by atoms with van der Waals surface area (Å²) in [5.41, 5.74) is 2.74. The van der Waals surface area contributed by atoms with Crippen LogP contribution in [-0.4, -0.2) is 26.4 Å². The van der Waals surface area contributed by atoms with Gasteiger partial charge in [-0.05, 0) is 13.8 Å². The molecule has 9 heavy (non-hydrogen) atoms. The standard InChI is InChI=1S/C6H15NO2/c1-3-8-6-5-7-9-4-2/h7H,3-6H2,1-2H3. The maximum atomic E-state index is 5.04. The second-order valence-electron chi connectivity index (χ2n) is 1.52. The second kappa shape index (κ2) is 7.88. The van der Waals surface area contributed by atoms with Gasteiger partial charge in [0.2, 0.25) is 0 Å². The summed E-state index contributed by atoms with van der Waals surface area (Å²) in [5, 5.41) is 0. The Balaban J connectivity index is 2.60. The number of hydrogen-bond donors (Lipinski definition) is 1. The van der Waals surface area contributed by atoms with Crippen LogP contribution in [0, 0.1) is 0 Å². The van der Waals surface area contributed by atoms with Crippen LogP contribution in [0.1, 0.15) is 13.8 Å². The van der Waals surface area contributed by atoms with Gasteiger partial charge in [0.1, 0.15) is 0 Å². The summed E-state index contributed by atoms with van der Waals surface area (Å²) >= 11 is 0. The molecule has 0 aliphatic carbocycles. The van der Waals surface area contributed by atoms with Crippen LogP contribution in [0.25, 0.3) is 0 Å². The third-order valence-corrected chi connectivity index (χ3v) is 0.799. The summed E-state index contributed by atoms with van der Waals surface area (Å²) in [7, 11) is 0. The molecule has 3 heteroatoms. The number of nitrogens with one attached hydrogen (secondary N) is 1. The van der Waals surface area contributed by atoms with Crippen molar-refractivity contribution in [1.82, 2.24) is 5.48 Å². The fraction of sp³-hybridized carbons (Fsp3) is 1.00. The minimum atomic E-state index is 0.701. The lowest BCUT2D eigenvalue weighted by Crippen LogP contribution is -2.19. The van der Waals surface area contributed by atoms with Crippen LogP contribution in [0.3, 0.4) is 0 Å². The average Bonchev–Trinajstić information content (AvgIpc) is 1.89. The highest BCUT2D eigenvalue weighted by Gasteiger charge is 1.82. The Labute approximate surface area is 56.3 Å². The van der Waals surface area contributed by atoms with Gasteiger partial charge in [0.05, 0.1) is 13.2 Å². The molecule has 1 N–H and O–H groups in total. The maximum absolute atomic E-state index is 5.04. The first kappa shape index (κ1) is 8.88. The second-order valence-corrected chi connectivity index (χ2v) is 1.52. The lowest BCUT2D eigenvalue weighted by atomic mass is 10.7. The molecule has 0 saturated carbocycles. The van der Waals surface area contributed by atoms with Crippen LogP contribution in [0.4, 0.5) is 0 Å². The predicted octanol–water partition coefficient (Wildman–Crippen LogP) is 0.564. The zero-order valence-corrected chi connectivity index (χ0v) is 6.14. The van der Waals surface area contributed by atoms with Crippen molar-refractivity contribution in [3.8, 4) is 0 Å². The van der Waals surface area contributed by atoms with Crippen molar-refractivity contribution in [3.05, 3.63) is 0 Å². The first-order valence-corrected chi connectivity index (χ1v) is 3.34. The van der Waals surface area contributed by atoms with E-state index < -0.39 is 0 Å². The Kier molecular flexibility index (Phi) is 7.77. The molecule has 0 saturated heterocycles. The fourth-order valence-electron chi connectivity index (χ4n) is 0.432. The highest BCUT2D eigenvalue weighted by molar-refractivity contribution is 4.29. The van der Waals surface area contributed by atoms with Gasteiger partial charge in [-0.1, -0.05) is 0 Å². The molecule has 0 unspecified atom stereocenters. The van der Waals surface area contributed by atoms with E-state index in [1.165, 1.54) is 0 Å². The Morgan fingerprint density at radius 2 is 2.00 bits per heavy atom. The molecule has 0 rings (SSSR count). The van der Waals surface area contributed by atoms with E-state index in [-0.39, 0.29) is 0 Å². The summed E-state index contributed by atoms with van der Waals surface area (Å²) in [4.78, 5) is 4.85. The molecule has 0 aromatic carbocycles. The topological polar surface area (TPSA) is 30.5 Å². The fourth-order valence-corrected chi connectivity index (χ4v) is 0.432. The lowest BCUT2D eigenvalue weighted by Gasteiger charge is -2.02. The van der Waals surface area contributed by atoms with Crippen LogP contribution in [0.5, 0.6) is 0 Å². The van der Waals surface area contributed by atoms with Gasteiger partial charge in [0, 0.05) is 13.2 Å². The molecular weight excluding hydrogens is 118 g/mol. The summed E-state index contributed by atoms with van der Waals surface area (Å²) in [6, 6.07) is 0. The van der Waals surface area contributed by atoms with Crippen molar-refractivity contribution >= 4 is 0 Å². The van der Waals surface area contributed by atoms with Crippen molar-refractivity contribution in [1.29, 1.82) is 0 Å². The first-order chi connectivity index (χ1) is 4.41. The summed E-state index contributed by atoms with van der Waals surface area (Å²) < 4.78 is 5.04. The predicted molar refractivity (Wildman–Crippen MR) is 36.1 cm³/mol. The van der Waals surface area contributed by atoms with Gasteiger partial charge in [-0.25, -0.2) is 5.48 Å². The van der Waals surface area contributed by atoms with E-state index in [4.69, 9.17) is 9.57 Å². The molecular formula is C6H15NO2. The minimum Gasteiger partial charge on any atom is -0.380 e. The van der Waals surface area contributed by atoms with Crippen molar-refractivity contribution < 1.29 is 9.57 Å². The monoisotopic (exact) mass is 133 g/mol. The molecule has 0 spiro atoms. The molecule has 3 nitrogen and oxygen atoms in total. The molecule has 0 aromatic rings. The van der Waals surface area contributed by atoms with E-state index in [0.29, 0.717) is 6.61 Å². The summed E-state index contributed by atoms with van der Waals surface area (Å²) in [5.74, 6) is 0. The van der Waals surface area contributed by atoms with Crippen molar-refractivity contribution in [2.45, 2.75) is 13.8 Å². The minimum absolute atomic E-state index is 0.701. The third kappa shape index (κ3) is 7.88. The molecule has 0 aliphatic rings. The van der Waals surface area contributed by atoms with Gasteiger partial charge in [-0.2, -0.15) is 0 Å². The highest BCUT2D eigenvalue weighted by atomic mass is 16.6. The van der Waals surface area contributed by atoms with Gasteiger partial charge < -0.3 is 9.57 Å². The van der Waals surface area contributed by atoms with Gasteiger partial charge >= 0.3 is 0 Å². The summed E-state index contributed by atoms with van der Waals surface area (Å²) in [6.07, 6.45) is 0. The molecule has 0 fully saturated rings. The molecule has 0 amide bonds.